The monoisotopic (exact) mass is 269 g/mol. The Labute approximate surface area is 118 Å². The van der Waals surface area contributed by atoms with Crippen molar-refractivity contribution >= 4 is 5.91 Å². The van der Waals surface area contributed by atoms with E-state index in [1.54, 1.807) is 0 Å². The van der Waals surface area contributed by atoms with Gasteiger partial charge in [-0.25, -0.2) is 0 Å². The van der Waals surface area contributed by atoms with Crippen molar-refractivity contribution in [3.63, 3.8) is 0 Å². The van der Waals surface area contributed by atoms with Crippen molar-refractivity contribution in [3.8, 4) is 0 Å². The molecule has 19 heavy (non-hydrogen) atoms. The van der Waals surface area contributed by atoms with E-state index in [0.717, 1.165) is 19.5 Å². The first-order chi connectivity index (χ1) is 9.27. The third kappa shape index (κ3) is 6.92. The summed E-state index contributed by atoms with van der Waals surface area (Å²) < 4.78 is 0. The largest absolute Gasteiger partial charge is 0.355 e. The van der Waals surface area contributed by atoms with Gasteiger partial charge in [0, 0.05) is 19.0 Å². The zero-order chi connectivity index (χ0) is 13.9. The SMILES string of the molecule is CCCCN1CCCCC1CNC(=O)CCCNC. The minimum absolute atomic E-state index is 0.205. The molecule has 0 aliphatic carbocycles. The Morgan fingerprint density at radius 3 is 2.89 bits per heavy atom. The molecular weight excluding hydrogens is 238 g/mol. The molecule has 0 aromatic rings. The number of hydrogen-bond acceptors (Lipinski definition) is 3. The Morgan fingerprint density at radius 1 is 1.32 bits per heavy atom. The maximum absolute atomic E-state index is 11.7. The Bertz CT molecular complexity index is 246. The Hall–Kier alpha value is -0.610. The van der Waals surface area contributed by atoms with E-state index in [1.807, 2.05) is 7.05 Å². The van der Waals surface area contributed by atoms with Crippen LogP contribution in [0.1, 0.15) is 51.9 Å². The minimum atomic E-state index is 0.205. The predicted octanol–water partition coefficient (Wildman–Crippen LogP) is 1.76. The molecule has 1 fully saturated rings. The van der Waals surface area contributed by atoms with Crippen LogP contribution in [0.3, 0.4) is 0 Å². The fourth-order valence-corrected chi connectivity index (χ4v) is 2.69. The van der Waals surface area contributed by atoms with Gasteiger partial charge in [-0.1, -0.05) is 19.8 Å². The fourth-order valence-electron chi connectivity index (χ4n) is 2.69. The highest BCUT2D eigenvalue weighted by Gasteiger charge is 2.21. The number of amides is 1. The molecule has 1 heterocycles. The van der Waals surface area contributed by atoms with Gasteiger partial charge in [-0.3, -0.25) is 9.69 Å². The molecule has 1 unspecified atom stereocenters. The lowest BCUT2D eigenvalue weighted by Crippen LogP contribution is -2.47. The van der Waals surface area contributed by atoms with Crippen molar-refractivity contribution in [2.24, 2.45) is 0 Å². The molecule has 1 aliphatic heterocycles. The van der Waals surface area contributed by atoms with Gasteiger partial charge < -0.3 is 10.6 Å². The fraction of sp³-hybridized carbons (Fsp3) is 0.933. The number of nitrogens with zero attached hydrogens (tertiary/aromatic N) is 1. The molecule has 0 saturated carbocycles. The molecule has 0 bridgehead atoms. The Morgan fingerprint density at radius 2 is 2.16 bits per heavy atom. The molecule has 4 heteroatoms. The number of nitrogens with one attached hydrogen (secondary N) is 2. The summed E-state index contributed by atoms with van der Waals surface area (Å²) in [5.41, 5.74) is 0. The van der Waals surface area contributed by atoms with E-state index in [4.69, 9.17) is 0 Å². The Balaban J connectivity index is 2.22. The molecule has 0 aromatic carbocycles. The highest BCUT2D eigenvalue weighted by Crippen LogP contribution is 2.17. The van der Waals surface area contributed by atoms with Crippen molar-refractivity contribution in [1.82, 2.24) is 15.5 Å². The van der Waals surface area contributed by atoms with Crippen molar-refractivity contribution in [3.05, 3.63) is 0 Å². The van der Waals surface area contributed by atoms with Crippen molar-refractivity contribution in [2.75, 3.05) is 33.2 Å². The zero-order valence-corrected chi connectivity index (χ0v) is 12.7. The second-order valence-electron chi connectivity index (χ2n) is 5.55. The molecule has 1 saturated heterocycles. The standard InChI is InChI=1S/C15H31N3O/c1-3-4-11-18-12-6-5-8-14(18)13-17-15(19)9-7-10-16-2/h14,16H,3-13H2,1-2H3,(H,17,19). The van der Waals surface area contributed by atoms with Crippen molar-refractivity contribution < 1.29 is 4.79 Å². The number of rotatable bonds is 9. The van der Waals surface area contributed by atoms with Crippen molar-refractivity contribution in [1.29, 1.82) is 0 Å². The summed E-state index contributed by atoms with van der Waals surface area (Å²) in [6, 6.07) is 0.563. The first kappa shape index (κ1) is 16.4. The summed E-state index contributed by atoms with van der Waals surface area (Å²) in [5.74, 6) is 0.205. The van der Waals surface area contributed by atoms with Crippen LogP contribution in [0, 0.1) is 0 Å². The molecule has 1 rings (SSSR count). The minimum Gasteiger partial charge on any atom is -0.355 e. The molecule has 0 spiro atoms. The molecular formula is C15H31N3O. The molecule has 4 nitrogen and oxygen atoms in total. The van der Waals surface area contributed by atoms with Crippen LogP contribution in [0.5, 0.6) is 0 Å². The number of unbranched alkanes of at least 4 members (excludes halogenated alkanes) is 1. The van der Waals surface area contributed by atoms with Gasteiger partial charge in [0.2, 0.25) is 5.91 Å². The van der Waals surface area contributed by atoms with Gasteiger partial charge in [-0.15, -0.1) is 0 Å². The van der Waals surface area contributed by atoms with E-state index in [1.165, 1.54) is 45.2 Å². The summed E-state index contributed by atoms with van der Waals surface area (Å²) in [7, 11) is 1.92. The maximum Gasteiger partial charge on any atom is 0.220 e. The normalized spacial score (nSPS) is 20.4. The predicted molar refractivity (Wildman–Crippen MR) is 80.3 cm³/mol. The van der Waals surface area contributed by atoms with E-state index < -0.39 is 0 Å². The number of carbonyl (C=O) groups excluding carboxylic acids is 1. The van der Waals surface area contributed by atoms with Crippen LogP contribution in [0.2, 0.25) is 0 Å². The number of piperidine rings is 1. The second kappa shape index (κ2) is 10.2. The number of likely N-dealkylation sites (tertiary alicyclic amines) is 1. The highest BCUT2D eigenvalue weighted by atomic mass is 16.1. The highest BCUT2D eigenvalue weighted by molar-refractivity contribution is 5.75. The van der Waals surface area contributed by atoms with E-state index in [9.17, 15) is 4.79 Å². The quantitative estimate of drug-likeness (QED) is 0.627. The molecule has 0 radical (unpaired) electrons. The third-order valence-corrected chi connectivity index (χ3v) is 3.91. The lowest BCUT2D eigenvalue weighted by Gasteiger charge is -2.35. The summed E-state index contributed by atoms with van der Waals surface area (Å²) in [6.07, 6.45) is 7.95. The van der Waals surface area contributed by atoms with Crippen molar-refractivity contribution in [2.45, 2.75) is 57.9 Å². The average Bonchev–Trinajstić information content (AvgIpc) is 2.44. The third-order valence-electron chi connectivity index (χ3n) is 3.91. The van der Waals surface area contributed by atoms with Gasteiger partial charge in [0.05, 0.1) is 0 Å². The van der Waals surface area contributed by atoms with E-state index >= 15 is 0 Å². The lowest BCUT2D eigenvalue weighted by molar-refractivity contribution is -0.121. The van der Waals surface area contributed by atoms with Gasteiger partial charge in [0.1, 0.15) is 0 Å². The summed E-state index contributed by atoms with van der Waals surface area (Å²) in [6.45, 7) is 6.39. The van der Waals surface area contributed by atoms with Crippen LogP contribution in [0.15, 0.2) is 0 Å². The van der Waals surface area contributed by atoms with Gasteiger partial charge in [-0.2, -0.15) is 0 Å². The smallest absolute Gasteiger partial charge is 0.220 e. The summed E-state index contributed by atoms with van der Waals surface area (Å²) in [5, 5.41) is 6.18. The Kier molecular flexibility index (Phi) is 8.84. The first-order valence-electron chi connectivity index (χ1n) is 7.93. The van der Waals surface area contributed by atoms with Gasteiger partial charge in [0.25, 0.3) is 0 Å². The van der Waals surface area contributed by atoms with Crippen LogP contribution in [0.4, 0.5) is 0 Å². The lowest BCUT2D eigenvalue weighted by atomic mass is 10.0. The van der Waals surface area contributed by atoms with Gasteiger partial charge in [-0.05, 0) is 52.4 Å². The molecule has 1 atom stereocenters. The van der Waals surface area contributed by atoms with Crippen LogP contribution < -0.4 is 10.6 Å². The van der Waals surface area contributed by atoms with Gasteiger partial charge in [0.15, 0.2) is 0 Å². The summed E-state index contributed by atoms with van der Waals surface area (Å²) in [4.78, 5) is 14.3. The average molecular weight is 269 g/mol. The van der Waals surface area contributed by atoms with Crippen LogP contribution in [0.25, 0.3) is 0 Å². The van der Waals surface area contributed by atoms with Crippen LogP contribution in [-0.2, 0) is 4.79 Å². The van der Waals surface area contributed by atoms with Crippen LogP contribution in [-0.4, -0.2) is 50.1 Å². The summed E-state index contributed by atoms with van der Waals surface area (Å²) >= 11 is 0. The zero-order valence-electron chi connectivity index (χ0n) is 12.7. The van der Waals surface area contributed by atoms with E-state index in [2.05, 4.69) is 22.5 Å². The van der Waals surface area contributed by atoms with Crippen LogP contribution >= 0.6 is 0 Å². The molecule has 0 aromatic heterocycles. The molecule has 1 aliphatic rings. The first-order valence-corrected chi connectivity index (χ1v) is 7.93. The molecule has 1 amide bonds. The number of hydrogen-bond donors (Lipinski definition) is 2. The van der Waals surface area contributed by atoms with E-state index in [-0.39, 0.29) is 5.91 Å². The molecule has 112 valence electrons. The van der Waals surface area contributed by atoms with Gasteiger partial charge >= 0.3 is 0 Å². The number of carbonyl (C=O) groups is 1. The topological polar surface area (TPSA) is 44.4 Å². The second-order valence-corrected chi connectivity index (χ2v) is 5.55. The maximum atomic E-state index is 11.7. The molecule has 2 N–H and O–H groups in total. The van der Waals surface area contributed by atoms with E-state index in [0.29, 0.717) is 12.5 Å².